The monoisotopic (exact) mass is 528 g/mol. The second kappa shape index (κ2) is 14.4. The number of hydrogen-bond donors (Lipinski definition) is 2. The molecule has 0 unspecified atom stereocenters. The molecule has 2 amide bonds. The Balaban J connectivity index is 1.50. The second-order valence-electron chi connectivity index (χ2n) is 11.1. The number of Topliss-reactive ketones (excluding diaryl/α,β-unsaturated/α-hetero) is 2. The zero-order valence-corrected chi connectivity index (χ0v) is 23.3. The van der Waals surface area contributed by atoms with Crippen LogP contribution in [0, 0.1) is 0 Å². The van der Waals surface area contributed by atoms with Crippen molar-refractivity contribution in [2.75, 3.05) is 0 Å². The number of amides is 2. The maximum atomic E-state index is 13.1. The molecule has 0 saturated carbocycles. The Morgan fingerprint density at radius 2 is 1.41 bits per heavy atom. The van der Waals surface area contributed by atoms with Crippen molar-refractivity contribution in [3.05, 3.63) is 83.9 Å². The van der Waals surface area contributed by atoms with E-state index < -0.39 is 11.6 Å². The third-order valence-corrected chi connectivity index (χ3v) is 6.54. The summed E-state index contributed by atoms with van der Waals surface area (Å²) in [5, 5.41) is 7.94. The van der Waals surface area contributed by atoms with E-state index in [0.29, 0.717) is 32.1 Å². The number of rotatable bonds is 14. The van der Waals surface area contributed by atoms with E-state index in [2.05, 4.69) is 28.8 Å². The number of fused-ring (bicyclic) bond motifs is 1. The molecule has 0 aliphatic rings. The number of carbonyl (C=O) groups excluding carboxylic acids is 4. The van der Waals surface area contributed by atoms with Crippen LogP contribution in [-0.4, -0.2) is 35.0 Å². The van der Waals surface area contributed by atoms with Gasteiger partial charge in [0.2, 0.25) is 11.8 Å². The number of nitrogens with one attached hydrogen (secondary N) is 2. The summed E-state index contributed by atoms with van der Waals surface area (Å²) >= 11 is 0. The van der Waals surface area contributed by atoms with Gasteiger partial charge in [0.1, 0.15) is 5.78 Å². The minimum atomic E-state index is -0.915. The summed E-state index contributed by atoms with van der Waals surface area (Å²) < 4.78 is 0. The third kappa shape index (κ3) is 10.5. The molecule has 0 radical (unpaired) electrons. The zero-order chi connectivity index (χ0) is 28.3. The van der Waals surface area contributed by atoms with Gasteiger partial charge in [-0.1, -0.05) is 72.8 Å². The zero-order valence-electron chi connectivity index (χ0n) is 23.3. The van der Waals surface area contributed by atoms with Gasteiger partial charge in [0.05, 0.1) is 12.5 Å². The number of hydrogen-bond acceptors (Lipinski definition) is 4. The van der Waals surface area contributed by atoms with Crippen LogP contribution in [0.3, 0.4) is 0 Å². The van der Waals surface area contributed by atoms with Gasteiger partial charge in [-0.05, 0) is 61.9 Å². The number of aryl methyl sites for hydroxylation is 2. The summed E-state index contributed by atoms with van der Waals surface area (Å²) in [7, 11) is 0. The maximum Gasteiger partial charge on any atom is 0.222 e. The standard InChI is InChI=1S/C33H40N2O4/c1-33(2,3)35-32(39)23-29(34-31(38)22-19-24-11-5-4-6-12-24)30(37)18-10-16-27(36)21-20-26-15-9-14-25-13-7-8-17-28(25)26/h4-9,11-15,17,29H,10,16,18-23H2,1-3H3,(H,34,38)(H,35,39)/t29-/m0/s1. The fourth-order valence-electron chi connectivity index (χ4n) is 4.61. The predicted octanol–water partition coefficient (Wildman–Crippen LogP) is 5.50. The largest absolute Gasteiger partial charge is 0.351 e. The second-order valence-corrected chi connectivity index (χ2v) is 11.1. The summed E-state index contributed by atoms with van der Waals surface area (Å²) in [6.07, 6.45) is 2.53. The molecule has 3 aromatic rings. The lowest BCUT2D eigenvalue weighted by atomic mass is 9.97. The molecule has 2 N–H and O–H groups in total. The first kappa shape index (κ1) is 29.8. The van der Waals surface area contributed by atoms with Gasteiger partial charge in [-0.3, -0.25) is 19.2 Å². The van der Waals surface area contributed by atoms with E-state index in [0.717, 1.165) is 21.9 Å². The molecule has 0 saturated heterocycles. The van der Waals surface area contributed by atoms with Crippen molar-refractivity contribution in [1.29, 1.82) is 0 Å². The Morgan fingerprint density at radius 3 is 2.15 bits per heavy atom. The average molecular weight is 529 g/mol. The van der Waals surface area contributed by atoms with Crippen LogP contribution in [0.1, 0.15) is 70.4 Å². The molecule has 0 spiro atoms. The Kier molecular flexibility index (Phi) is 11.0. The molecule has 206 valence electrons. The Hall–Kier alpha value is -3.80. The van der Waals surface area contributed by atoms with E-state index in [9.17, 15) is 19.2 Å². The first-order chi connectivity index (χ1) is 18.6. The van der Waals surface area contributed by atoms with Crippen molar-refractivity contribution in [3.63, 3.8) is 0 Å². The van der Waals surface area contributed by atoms with Crippen molar-refractivity contribution >= 4 is 34.2 Å². The van der Waals surface area contributed by atoms with E-state index in [1.54, 1.807) is 0 Å². The molecule has 0 aliphatic carbocycles. The lowest BCUT2D eigenvalue weighted by Crippen LogP contribution is -2.47. The SMILES string of the molecule is CC(C)(C)NC(=O)C[C@H](NC(=O)CCc1ccccc1)C(=O)CCCC(=O)CCc1cccc2ccccc12. The maximum absolute atomic E-state index is 13.1. The van der Waals surface area contributed by atoms with Crippen molar-refractivity contribution < 1.29 is 19.2 Å². The van der Waals surface area contributed by atoms with E-state index in [4.69, 9.17) is 0 Å². The third-order valence-electron chi connectivity index (χ3n) is 6.54. The average Bonchev–Trinajstić information content (AvgIpc) is 2.89. The van der Waals surface area contributed by atoms with Crippen LogP contribution in [0.25, 0.3) is 10.8 Å². The lowest BCUT2D eigenvalue weighted by molar-refractivity contribution is -0.131. The summed E-state index contributed by atoms with van der Waals surface area (Å²) in [5.74, 6) is -0.694. The highest BCUT2D eigenvalue weighted by Gasteiger charge is 2.25. The number of carbonyl (C=O) groups is 4. The minimum absolute atomic E-state index is 0.102. The molecule has 0 aliphatic heterocycles. The Morgan fingerprint density at radius 1 is 0.718 bits per heavy atom. The van der Waals surface area contributed by atoms with Gasteiger partial charge >= 0.3 is 0 Å². The molecule has 39 heavy (non-hydrogen) atoms. The van der Waals surface area contributed by atoms with Crippen LogP contribution in [0.5, 0.6) is 0 Å². The van der Waals surface area contributed by atoms with Gasteiger partial charge in [0, 0.05) is 31.2 Å². The smallest absolute Gasteiger partial charge is 0.222 e. The van der Waals surface area contributed by atoms with E-state index >= 15 is 0 Å². The number of benzene rings is 3. The molecule has 6 heteroatoms. The topological polar surface area (TPSA) is 92.3 Å². The van der Waals surface area contributed by atoms with Gasteiger partial charge in [0.25, 0.3) is 0 Å². The Labute approximate surface area is 231 Å². The van der Waals surface area contributed by atoms with E-state index in [-0.39, 0.29) is 42.6 Å². The van der Waals surface area contributed by atoms with Crippen LogP contribution in [0.15, 0.2) is 72.8 Å². The van der Waals surface area contributed by atoms with Gasteiger partial charge in [-0.2, -0.15) is 0 Å². The fraction of sp³-hybridized carbons (Fsp3) is 0.394. The quantitative estimate of drug-likeness (QED) is 0.289. The van der Waals surface area contributed by atoms with Gasteiger partial charge < -0.3 is 10.6 Å². The van der Waals surface area contributed by atoms with Crippen LogP contribution in [-0.2, 0) is 32.0 Å². The molecule has 0 heterocycles. The molecular weight excluding hydrogens is 488 g/mol. The highest BCUT2D eigenvalue weighted by molar-refractivity contribution is 5.93. The van der Waals surface area contributed by atoms with Crippen LogP contribution < -0.4 is 10.6 Å². The molecule has 6 nitrogen and oxygen atoms in total. The summed E-state index contributed by atoms with van der Waals surface area (Å²) in [6.45, 7) is 5.60. The van der Waals surface area contributed by atoms with Crippen LogP contribution >= 0.6 is 0 Å². The first-order valence-corrected chi connectivity index (χ1v) is 13.8. The van der Waals surface area contributed by atoms with Crippen LogP contribution in [0.4, 0.5) is 0 Å². The predicted molar refractivity (Wildman–Crippen MR) is 155 cm³/mol. The molecule has 3 aromatic carbocycles. The molecule has 1 atom stereocenters. The molecular formula is C33H40N2O4. The van der Waals surface area contributed by atoms with Crippen molar-refractivity contribution in [2.45, 2.75) is 83.7 Å². The minimum Gasteiger partial charge on any atom is -0.351 e. The van der Waals surface area contributed by atoms with Crippen molar-refractivity contribution in [1.82, 2.24) is 10.6 Å². The number of ketones is 2. The van der Waals surface area contributed by atoms with E-state index in [1.807, 2.05) is 75.4 Å². The molecule has 0 aromatic heterocycles. The first-order valence-electron chi connectivity index (χ1n) is 13.8. The fourth-order valence-corrected chi connectivity index (χ4v) is 4.61. The van der Waals surface area contributed by atoms with Crippen molar-refractivity contribution in [2.24, 2.45) is 0 Å². The van der Waals surface area contributed by atoms with E-state index in [1.165, 1.54) is 0 Å². The highest BCUT2D eigenvalue weighted by atomic mass is 16.2. The van der Waals surface area contributed by atoms with Gasteiger partial charge in [-0.25, -0.2) is 0 Å². The summed E-state index contributed by atoms with van der Waals surface area (Å²) in [6, 6.07) is 23.0. The highest BCUT2D eigenvalue weighted by Crippen LogP contribution is 2.20. The Bertz CT molecular complexity index is 1270. The van der Waals surface area contributed by atoms with Crippen LogP contribution in [0.2, 0.25) is 0 Å². The molecule has 0 bridgehead atoms. The molecule has 0 fully saturated rings. The molecule has 3 rings (SSSR count). The van der Waals surface area contributed by atoms with Crippen molar-refractivity contribution in [3.8, 4) is 0 Å². The van der Waals surface area contributed by atoms with Gasteiger partial charge in [0.15, 0.2) is 5.78 Å². The normalized spacial score (nSPS) is 12.1. The lowest BCUT2D eigenvalue weighted by Gasteiger charge is -2.23. The summed E-state index contributed by atoms with van der Waals surface area (Å²) in [4.78, 5) is 50.9. The summed E-state index contributed by atoms with van der Waals surface area (Å²) in [5.41, 5.74) is 1.72. The van der Waals surface area contributed by atoms with Gasteiger partial charge in [-0.15, -0.1) is 0 Å².